The standard InChI is InChI=1S/C21H29NO8/c1-6-8-19(25)30-21(20(26)27,22-13(3)7-2)12-16-9-10-17(28-14(4)23)18(11-16)29-15(5)24/h9-11,13,22H,6-8,12H2,1-5H3,(H,26,27)/t13?,21-/m0/s1. The van der Waals surface area contributed by atoms with Gasteiger partial charge < -0.3 is 19.3 Å². The highest BCUT2D eigenvalue weighted by Crippen LogP contribution is 2.31. The van der Waals surface area contributed by atoms with E-state index in [0.29, 0.717) is 18.4 Å². The second kappa shape index (κ2) is 11.3. The number of nitrogens with one attached hydrogen (secondary N) is 1. The summed E-state index contributed by atoms with van der Waals surface area (Å²) in [6.07, 6.45) is 0.939. The van der Waals surface area contributed by atoms with Gasteiger partial charge in [0.05, 0.1) is 0 Å². The van der Waals surface area contributed by atoms with Crippen molar-refractivity contribution in [3.63, 3.8) is 0 Å². The van der Waals surface area contributed by atoms with Gasteiger partial charge in [-0.25, -0.2) is 4.79 Å². The molecule has 0 fully saturated rings. The largest absolute Gasteiger partial charge is 0.477 e. The number of hydrogen-bond acceptors (Lipinski definition) is 8. The Labute approximate surface area is 175 Å². The minimum atomic E-state index is -2.02. The molecule has 1 aromatic carbocycles. The Hall–Kier alpha value is -2.94. The molecular weight excluding hydrogens is 394 g/mol. The molecule has 0 aliphatic carbocycles. The average Bonchev–Trinajstić information content (AvgIpc) is 2.62. The fourth-order valence-electron chi connectivity index (χ4n) is 2.67. The molecule has 2 N–H and O–H groups in total. The van der Waals surface area contributed by atoms with E-state index in [-0.39, 0.29) is 30.4 Å². The number of ether oxygens (including phenoxy) is 3. The van der Waals surface area contributed by atoms with Gasteiger partial charge in [0.15, 0.2) is 11.5 Å². The molecule has 1 rings (SSSR count). The molecule has 0 radical (unpaired) electrons. The van der Waals surface area contributed by atoms with E-state index in [2.05, 4.69) is 5.32 Å². The Morgan fingerprint density at radius 2 is 1.67 bits per heavy atom. The van der Waals surface area contributed by atoms with E-state index in [1.807, 2.05) is 6.92 Å². The molecule has 0 aliphatic heterocycles. The van der Waals surface area contributed by atoms with Crippen LogP contribution in [0.3, 0.4) is 0 Å². The molecule has 0 spiro atoms. The van der Waals surface area contributed by atoms with Gasteiger partial charge in [0, 0.05) is 32.7 Å². The second-order valence-electron chi connectivity index (χ2n) is 6.96. The van der Waals surface area contributed by atoms with Crippen LogP contribution in [-0.4, -0.2) is 40.8 Å². The summed E-state index contributed by atoms with van der Waals surface area (Å²) < 4.78 is 15.5. The van der Waals surface area contributed by atoms with Crippen LogP contribution in [0.2, 0.25) is 0 Å². The van der Waals surface area contributed by atoms with E-state index in [9.17, 15) is 24.3 Å². The zero-order valence-corrected chi connectivity index (χ0v) is 17.9. The monoisotopic (exact) mass is 423 g/mol. The number of hydrogen-bond donors (Lipinski definition) is 2. The highest BCUT2D eigenvalue weighted by molar-refractivity contribution is 5.82. The van der Waals surface area contributed by atoms with Gasteiger partial charge in [-0.1, -0.05) is 19.9 Å². The number of aliphatic carboxylic acids is 1. The first-order valence-corrected chi connectivity index (χ1v) is 9.75. The van der Waals surface area contributed by atoms with Gasteiger partial charge in [-0.3, -0.25) is 19.7 Å². The van der Waals surface area contributed by atoms with Gasteiger partial charge in [0.1, 0.15) is 0 Å². The van der Waals surface area contributed by atoms with Crippen molar-refractivity contribution in [3.8, 4) is 11.5 Å². The maximum absolute atomic E-state index is 12.2. The zero-order chi connectivity index (χ0) is 22.9. The van der Waals surface area contributed by atoms with E-state index >= 15 is 0 Å². The molecule has 30 heavy (non-hydrogen) atoms. The van der Waals surface area contributed by atoms with Crippen LogP contribution in [0.5, 0.6) is 11.5 Å². The van der Waals surface area contributed by atoms with Gasteiger partial charge in [-0.2, -0.15) is 0 Å². The third-order valence-electron chi connectivity index (χ3n) is 4.15. The summed E-state index contributed by atoms with van der Waals surface area (Å²) in [6, 6.07) is 4.01. The van der Waals surface area contributed by atoms with E-state index < -0.39 is 29.6 Å². The number of carboxylic acids is 1. The van der Waals surface area contributed by atoms with Crippen molar-refractivity contribution in [3.05, 3.63) is 23.8 Å². The van der Waals surface area contributed by atoms with E-state index in [4.69, 9.17) is 14.2 Å². The van der Waals surface area contributed by atoms with Gasteiger partial charge in [0.25, 0.3) is 5.72 Å². The summed E-state index contributed by atoms with van der Waals surface area (Å²) >= 11 is 0. The van der Waals surface area contributed by atoms with Gasteiger partial charge >= 0.3 is 23.9 Å². The van der Waals surface area contributed by atoms with Crippen molar-refractivity contribution in [2.24, 2.45) is 0 Å². The van der Waals surface area contributed by atoms with Crippen LogP contribution in [0.1, 0.15) is 59.4 Å². The molecule has 166 valence electrons. The third-order valence-corrected chi connectivity index (χ3v) is 4.15. The SMILES string of the molecule is CCCC(=O)O[C@](Cc1ccc(OC(C)=O)c(OC(C)=O)c1)(NC(C)CC)C(=O)O. The smallest absolute Gasteiger partial charge is 0.364 e. The topological polar surface area (TPSA) is 128 Å². The predicted octanol–water partition coefficient (Wildman–Crippen LogP) is 2.59. The first kappa shape index (κ1) is 25.1. The fourth-order valence-corrected chi connectivity index (χ4v) is 2.67. The summed E-state index contributed by atoms with van der Waals surface area (Å²) in [5.74, 6) is -3.28. The molecule has 1 unspecified atom stereocenters. The Bertz CT molecular complexity index is 791. The molecule has 0 heterocycles. The van der Waals surface area contributed by atoms with Crippen LogP contribution < -0.4 is 14.8 Å². The summed E-state index contributed by atoms with van der Waals surface area (Å²) in [7, 11) is 0. The maximum atomic E-state index is 12.2. The minimum absolute atomic E-state index is 0.0141. The zero-order valence-electron chi connectivity index (χ0n) is 17.9. The lowest BCUT2D eigenvalue weighted by molar-refractivity contribution is -0.184. The highest BCUT2D eigenvalue weighted by Gasteiger charge is 2.43. The number of carboxylic acid groups (broad SMARTS) is 1. The number of carbonyl (C=O) groups excluding carboxylic acids is 3. The van der Waals surface area contributed by atoms with E-state index in [1.54, 1.807) is 13.8 Å². The Morgan fingerprint density at radius 1 is 1.07 bits per heavy atom. The maximum Gasteiger partial charge on any atom is 0.364 e. The van der Waals surface area contributed by atoms with Crippen LogP contribution in [0, 0.1) is 0 Å². The van der Waals surface area contributed by atoms with Gasteiger partial charge in [0.2, 0.25) is 0 Å². The molecular formula is C21H29NO8. The third kappa shape index (κ3) is 7.47. The Balaban J connectivity index is 3.37. The number of carbonyl (C=O) groups is 4. The molecule has 0 aliphatic rings. The van der Waals surface area contributed by atoms with Crippen LogP contribution >= 0.6 is 0 Å². The van der Waals surface area contributed by atoms with Crippen molar-refractivity contribution < 1.29 is 38.5 Å². The van der Waals surface area contributed by atoms with Crippen LogP contribution in [0.25, 0.3) is 0 Å². The first-order chi connectivity index (χ1) is 14.0. The molecule has 2 atom stereocenters. The molecule has 0 saturated heterocycles. The van der Waals surface area contributed by atoms with Crippen molar-refractivity contribution in [2.45, 2.75) is 72.1 Å². The lowest BCUT2D eigenvalue weighted by Gasteiger charge is -2.33. The van der Waals surface area contributed by atoms with Gasteiger partial charge in [-0.05, 0) is 37.5 Å². The van der Waals surface area contributed by atoms with Crippen molar-refractivity contribution in [1.29, 1.82) is 0 Å². The Kier molecular flexibility index (Phi) is 9.45. The molecule has 9 heteroatoms. The first-order valence-electron chi connectivity index (χ1n) is 9.75. The quantitative estimate of drug-likeness (QED) is 0.313. The van der Waals surface area contributed by atoms with Crippen molar-refractivity contribution in [1.82, 2.24) is 5.32 Å². The lowest BCUT2D eigenvalue weighted by Crippen LogP contribution is -2.59. The number of benzene rings is 1. The molecule has 0 bridgehead atoms. The molecule has 9 nitrogen and oxygen atoms in total. The highest BCUT2D eigenvalue weighted by atomic mass is 16.6. The molecule has 0 aromatic heterocycles. The summed E-state index contributed by atoms with van der Waals surface area (Å²) in [6.45, 7) is 7.81. The molecule has 0 saturated carbocycles. The van der Waals surface area contributed by atoms with E-state index in [1.165, 1.54) is 32.0 Å². The van der Waals surface area contributed by atoms with Crippen molar-refractivity contribution in [2.75, 3.05) is 0 Å². The summed E-state index contributed by atoms with van der Waals surface area (Å²) in [4.78, 5) is 47.1. The number of rotatable bonds is 11. The second-order valence-corrected chi connectivity index (χ2v) is 6.96. The van der Waals surface area contributed by atoms with Crippen molar-refractivity contribution >= 4 is 23.9 Å². The number of esters is 3. The van der Waals surface area contributed by atoms with Gasteiger partial charge in [-0.15, -0.1) is 0 Å². The average molecular weight is 423 g/mol. The normalized spacial score (nSPS) is 13.6. The predicted molar refractivity (Wildman–Crippen MR) is 107 cm³/mol. The minimum Gasteiger partial charge on any atom is -0.477 e. The van der Waals surface area contributed by atoms with Crippen LogP contribution in [-0.2, 0) is 30.3 Å². The van der Waals surface area contributed by atoms with Crippen LogP contribution in [0.4, 0.5) is 0 Å². The van der Waals surface area contributed by atoms with Crippen LogP contribution in [0.15, 0.2) is 18.2 Å². The summed E-state index contributed by atoms with van der Waals surface area (Å²) in [5.41, 5.74) is -1.62. The Morgan fingerprint density at radius 3 is 2.17 bits per heavy atom. The fraction of sp³-hybridized carbons (Fsp3) is 0.524. The molecule has 0 amide bonds. The lowest BCUT2D eigenvalue weighted by atomic mass is 10.00. The molecule has 1 aromatic rings. The summed E-state index contributed by atoms with van der Waals surface area (Å²) in [5, 5.41) is 12.8. The van der Waals surface area contributed by atoms with E-state index in [0.717, 1.165) is 0 Å².